The Morgan fingerprint density at radius 2 is 1.82 bits per heavy atom. The van der Waals surface area contributed by atoms with Gasteiger partial charge in [-0.2, -0.15) is 0 Å². The molecular weight excluding hydrogens is 140 g/mol. The first kappa shape index (κ1) is 10.5. The molecule has 0 unspecified atom stereocenters. The molecule has 0 saturated carbocycles. The van der Waals surface area contributed by atoms with Crippen LogP contribution >= 0.6 is 0 Å². The van der Waals surface area contributed by atoms with Gasteiger partial charge >= 0.3 is 5.97 Å². The van der Waals surface area contributed by atoms with Crippen molar-refractivity contribution in [2.75, 3.05) is 0 Å². The highest BCUT2D eigenvalue weighted by atomic mass is 16.5. The van der Waals surface area contributed by atoms with Gasteiger partial charge in [0, 0.05) is 6.42 Å². The van der Waals surface area contributed by atoms with E-state index in [0.717, 1.165) is 6.42 Å². The quantitative estimate of drug-likeness (QED) is 0.587. The molecule has 0 aromatic heterocycles. The minimum atomic E-state index is -0.0753. The maximum atomic E-state index is 10.9. The van der Waals surface area contributed by atoms with Crippen molar-refractivity contribution >= 4 is 5.97 Å². The van der Waals surface area contributed by atoms with Crippen LogP contribution in [-0.4, -0.2) is 12.1 Å². The third kappa shape index (κ3) is 7.37. The van der Waals surface area contributed by atoms with Crippen molar-refractivity contribution in [2.24, 2.45) is 5.92 Å². The highest BCUT2D eigenvalue weighted by Crippen LogP contribution is 2.05. The van der Waals surface area contributed by atoms with Gasteiger partial charge in [-0.15, -0.1) is 0 Å². The zero-order valence-electron chi connectivity index (χ0n) is 7.89. The molecule has 0 atom stereocenters. The summed E-state index contributed by atoms with van der Waals surface area (Å²) in [5.74, 6) is 0.503. The lowest BCUT2D eigenvalue weighted by molar-refractivity contribution is -0.147. The molecule has 0 spiro atoms. The van der Waals surface area contributed by atoms with Crippen LogP contribution in [0.3, 0.4) is 0 Å². The van der Waals surface area contributed by atoms with Crippen LogP contribution < -0.4 is 0 Å². The molecular formula is C9H18O2. The van der Waals surface area contributed by atoms with Gasteiger partial charge in [-0.3, -0.25) is 4.79 Å². The van der Waals surface area contributed by atoms with Crippen LogP contribution in [0.5, 0.6) is 0 Å². The van der Waals surface area contributed by atoms with Crippen LogP contribution in [0.4, 0.5) is 0 Å². The van der Waals surface area contributed by atoms with Crippen LogP contribution in [0.25, 0.3) is 0 Å². The predicted octanol–water partition coefficient (Wildman–Crippen LogP) is 2.37. The molecule has 11 heavy (non-hydrogen) atoms. The summed E-state index contributed by atoms with van der Waals surface area (Å²) in [6.07, 6.45) is 1.50. The minimum Gasteiger partial charge on any atom is -0.463 e. The van der Waals surface area contributed by atoms with Gasteiger partial charge in [-0.25, -0.2) is 0 Å². The maximum absolute atomic E-state index is 10.9. The molecule has 0 N–H and O–H groups in total. The predicted molar refractivity (Wildman–Crippen MR) is 45.3 cm³/mol. The fourth-order valence-corrected chi connectivity index (χ4v) is 0.728. The van der Waals surface area contributed by atoms with Gasteiger partial charge in [-0.1, -0.05) is 13.8 Å². The van der Waals surface area contributed by atoms with E-state index in [1.807, 2.05) is 13.8 Å². The van der Waals surface area contributed by atoms with Crippen molar-refractivity contribution in [1.82, 2.24) is 0 Å². The molecule has 0 rings (SSSR count). The Labute approximate surface area is 68.9 Å². The van der Waals surface area contributed by atoms with Crippen LogP contribution in [0.15, 0.2) is 0 Å². The summed E-state index contributed by atoms with van der Waals surface area (Å²) < 4.78 is 4.96. The second-order valence-electron chi connectivity index (χ2n) is 3.47. The van der Waals surface area contributed by atoms with Gasteiger partial charge in [0.05, 0.1) is 6.10 Å². The average Bonchev–Trinajstić information content (AvgIpc) is 1.82. The second kappa shape index (κ2) is 5.16. The zero-order valence-corrected chi connectivity index (χ0v) is 7.89. The summed E-state index contributed by atoms with van der Waals surface area (Å²) >= 11 is 0. The Balaban J connectivity index is 3.38. The van der Waals surface area contributed by atoms with E-state index in [1.165, 1.54) is 0 Å². The fourth-order valence-electron chi connectivity index (χ4n) is 0.728. The van der Waals surface area contributed by atoms with Crippen molar-refractivity contribution in [3.63, 3.8) is 0 Å². The zero-order chi connectivity index (χ0) is 8.85. The van der Waals surface area contributed by atoms with Crippen molar-refractivity contribution in [2.45, 2.75) is 46.6 Å². The SMILES string of the molecule is CC(C)CCC(=O)OC(C)C. The fraction of sp³-hybridized carbons (Fsp3) is 0.889. The molecule has 66 valence electrons. The first-order valence-electron chi connectivity index (χ1n) is 4.22. The van der Waals surface area contributed by atoms with E-state index >= 15 is 0 Å². The molecule has 0 aromatic rings. The molecule has 0 bridgehead atoms. The molecule has 0 heterocycles. The minimum absolute atomic E-state index is 0.0228. The van der Waals surface area contributed by atoms with Gasteiger partial charge in [0.1, 0.15) is 0 Å². The molecule has 0 aliphatic carbocycles. The summed E-state index contributed by atoms with van der Waals surface area (Å²) in [7, 11) is 0. The smallest absolute Gasteiger partial charge is 0.306 e. The number of esters is 1. The van der Waals surface area contributed by atoms with E-state index < -0.39 is 0 Å². The van der Waals surface area contributed by atoms with Crippen LogP contribution in [0.1, 0.15) is 40.5 Å². The van der Waals surface area contributed by atoms with Crippen molar-refractivity contribution in [3.8, 4) is 0 Å². The van der Waals surface area contributed by atoms with E-state index in [0.29, 0.717) is 12.3 Å². The summed E-state index contributed by atoms with van der Waals surface area (Å²) in [5.41, 5.74) is 0. The standard InChI is InChI=1S/C9H18O2/c1-7(2)5-6-9(10)11-8(3)4/h7-8H,5-6H2,1-4H3. The molecule has 0 aliphatic rings. The first-order valence-corrected chi connectivity index (χ1v) is 4.22. The Bertz CT molecular complexity index is 117. The second-order valence-corrected chi connectivity index (χ2v) is 3.47. The molecule has 0 radical (unpaired) electrons. The lowest BCUT2D eigenvalue weighted by Crippen LogP contribution is -2.11. The van der Waals surface area contributed by atoms with E-state index in [9.17, 15) is 4.79 Å². The van der Waals surface area contributed by atoms with Crippen LogP contribution in [0.2, 0.25) is 0 Å². The van der Waals surface area contributed by atoms with Crippen molar-refractivity contribution in [1.29, 1.82) is 0 Å². The van der Waals surface area contributed by atoms with Gasteiger partial charge < -0.3 is 4.74 Å². The summed E-state index contributed by atoms with van der Waals surface area (Å²) in [4.78, 5) is 10.9. The molecule has 0 amide bonds. The molecule has 0 saturated heterocycles. The van der Waals surface area contributed by atoms with Gasteiger partial charge in [0.15, 0.2) is 0 Å². The Morgan fingerprint density at radius 1 is 1.27 bits per heavy atom. The van der Waals surface area contributed by atoms with E-state index in [-0.39, 0.29) is 12.1 Å². The monoisotopic (exact) mass is 158 g/mol. The van der Waals surface area contributed by atoms with E-state index in [4.69, 9.17) is 4.74 Å². The number of hydrogen-bond acceptors (Lipinski definition) is 2. The summed E-state index contributed by atoms with van der Waals surface area (Å²) in [6, 6.07) is 0. The highest BCUT2D eigenvalue weighted by Gasteiger charge is 2.05. The number of rotatable bonds is 4. The van der Waals surface area contributed by atoms with Gasteiger partial charge in [0.25, 0.3) is 0 Å². The molecule has 2 heteroatoms. The first-order chi connectivity index (χ1) is 5.02. The lowest BCUT2D eigenvalue weighted by Gasteiger charge is -2.08. The number of carbonyl (C=O) groups excluding carboxylic acids is 1. The largest absolute Gasteiger partial charge is 0.463 e. The number of hydrogen-bond donors (Lipinski definition) is 0. The number of ether oxygens (including phenoxy) is 1. The summed E-state index contributed by atoms with van der Waals surface area (Å²) in [6.45, 7) is 7.94. The van der Waals surface area contributed by atoms with Crippen LogP contribution in [-0.2, 0) is 9.53 Å². The average molecular weight is 158 g/mol. The van der Waals surface area contributed by atoms with Crippen LogP contribution in [0, 0.1) is 5.92 Å². The highest BCUT2D eigenvalue weighted by molar-refractivity contribution is 5.69. The molecule has 2 nitrogen and oxygen atoms in total. The van der Waals surface area contributed by atoms with Gasteiger partial charge in [0.2, 0.25) is 0 Å². The Morgan fingerprint density at radius 3 is 2.18 bits per heavy atom. The third-order valence-electron chi connectivity index (χ3n) is 1.29. The molecule has 0 aliphatic heterocycles. The van der Waals surface area contributed by atoms with Gasteiger partial charge in [-0.05, 0) is 26.2 Å². The maximum Gasteiger partial charge on any atom is 0.306 e. The lowest BCUT2D eigenvalue weighted by atomic mass is 10.1. The molecule has 0 aromatic carbocycles. The van der Waals surface area contributed by atoms with E-state index in [2.05, 4.69) is 13.8 Å². The topological polar surface area (TPSA) is 26.3 Å². The molecule has 0 fully saturated rings. The van der Waals surface area contributed by atoms with Crippen molar-refractivity contribution < 1.29 is 9.53 Å². The Hall–Kier alpha value is -0.530. The summed E-state index contributed by atoms with van der Waals surface area (Å²) in [5, 5.41) is 0. The normalized spacial score (nSPS) is 10.7. The third-order valence-corrected chi connectivity index (χ3v) is 1.29. The van der Waals surface area contributed by atoms with Crippen molar-refractivity contribution in [3.05, 3.63) is 0 Å². The number of carbonyl (C=O) groups is 1. The Kier molecular flexibility index (Phi) is 4.92. The van der Waals surface area contributed by atoms with E-state index in [1.54, 1.807) is 0 Å².